The number of piperazine rings is 1. The van der Waals surface area contributed by atoms with Crippen molar-refractivity contribution in [1.82, 2.24) is 14.7 Å². The number of ether oxygens (including phenoxy) is 2. The van der Waals surface area contributed by atoms with Gasteiger partial charge in [-0.15, -0.1) is 0 Å². The summed E-state index contributed by atoms with van der Waals surface area (Å²) in [5, 5.41) is 0. The summed E-state index contributed by atoms with van der Waals surface area (Å²) in [4.78, 5) is 32.3. The van der Waals surface area contributed by atoms with Crippen LogP contribution in [0.4, 0.5) is 0 Å². The van der Waals surface area contributed by atoms with Gasteiger partial charge in [0.1, 0.15) is 12.6 Å². The fourth-order valence-corrected chi connectivity index (χ4v) is 4.40. The van der Waals surface area contributed by atoms with E-state index in [1.54, 1.807) is 0 Å². The van der Waals surface area contributed by atoms with Crippen LogP contribution in [0.25, 0.3) is 0 Å². The summed E-state index contributed by atoms with van der Waals surface area (Å²) in [7, 11) is 0. The minimum absolute atomic E-state index is 0.0644. The maximum atomic E-state index is 13.4. The number of benzene rings is 2. The number of rotatable bonds is 6. The lowest BCUT2D eigenvalue weighted by Crippen LogP contribution is -2.56. The number of hydrogen-bond acceptors (Lipinski definition) is 5. The first-order valence-corrected chi connectivity index (χ1v) is 11.4. The monoisotopic (exact) mass is 437 g/mol. The molecule has 2 unspecified atom stereocenters. The molecule has 170 valence electrons. The summed E-state index contributed by atoms with van der Waals surface area (Å²) in [6.07, 6.45) is -0.640. The number of para-hydroxylation sites is 2. The van der Waals surface area contributed by atoms with Crippen molar-refractivity contribution in [2.75, 3.05) is 45.9 Å². The maximum Gasteiger partial charge on any atom is 0.267 e. The molecule has 0 aliphatic carbocycles. The van der Waals surface area contributed by atoms with E-state index in [0.717, 1.165) is 5.56 Å². The quantitative estimate of drug-likeness (QED) is 0.695. The van der Waals surface area contributed by atoms with Gasteiger partial charge in [-0.05, 0) is 31.5 Å². The van der Waals surface area contributed by atoms with Crippen LogP contribution >= 0.6 is 0 Å². The highest BCUT2D eigenvalue weighted by molar-refractivity contribution is 5.84. The SMILES string of the molecule is CCN(CC)C(=O)C(c1ccccc1)N1CCN(C(=O)C2COc3ccccc3O2)CC1. The summed E-state index contributed by atoms with van der Waals surface area (Å²) in [5.74, 6) is 1.32. The highest BCUT2D eigenvalue weighted by atomic mass is 16.6. The van der Waals surface area contributed by atoms with Crippen molar-refractivity contribution in [2.24, 2.45) is 0 Å². The van der Waals surface area contributed by atoms with Crippen molar-refractivity contribution in [2.45, 2.75) is 26.0 Å². The number of likely N-dealkylation sites (N-methyl/N-ethyl adjacent to an activating group) is 1. The minimum atomic E-state index is -0.640. The van der Waals surface area contributed by atoms with Crippen LogP contribution in [-0.4, -0.2) is 78.5 Å². The van der Waals surface area contributed by atoms with Gasteiger partial charge in [0.25, 0.3) is 5.91 Å². The molecule has 7 nitrogen and oxygen atoms in total. The Labute approximate surface area is 189 Å². The molecule has 1 saturated heterocycles. The molecule has 2 aromatic carbocycles. The molecule has 2 aliphatic rings. The Bertz CT molecular complexity index is 924. The molecule has 2 amide bonds. The molecule has 0 spiro atoms. The fraction of sp³-hybridized carbons (Fsp3) is 0.440. The van der Waals surface area contributed by atoms with Gasteiger partial charge < -0.3 is 19.3 Å². The summed E-state index contributed by atoms with van der Waals surface area (Å²) in [5.41, 5.74) is 0.991. The van der Waals surface area contributed by atoms with Gasteiger partial charge >= 0.3 is 0 Å². The lowest BCUT2D eigenvalue weighted by atomic mass is 10.0. The standard InChI is InChI=1S/C25H31N3O4/c1-3-26(4-2)25(30)23(19-10-6-5-7-11-19)27-14-16-28(17-15-27)24(29)22-18-31-20-12-8-9-13-21(20)32-22/h5-13,22-23H,3-4,14-18H2,1-2H3. The van der Waals surface area contributed by atoms with Crippen molar-refractivity contribution in [3.63, 3.8) is 0 Å². The third kappa shape index (κ3) is 4.58. The second-order valence-corrected chi connectivity index (χ2v) is 8.05. The molecule has 0 aromatic heterocycles. The fourth-order valence-electron chi connectivity index (χ4n) is 4.40. The number of hydrogen-bond donors (Lipinski definition) is 0. The molecule has 1 fully saturated rings. The predicted molar refractivity (Wildman–Crippen MR) is 122 cm³/mol. The Hall–Kier alpha value is -3.06. The first kappa shape index (κ1) is 22.1. The molecule has 0 saturated carbocycles. The molecular weight excluding hydrogens is 406 g/mol. The van der Waals surface area contributed by atoms with E-state index in [1.807, 2.05) is 78.2 Å². The minimum Gasteiger partial charge on any atom is -0.485 e. The highest BCUT2D eigenvalue weighted by Gasteiger charge is 2.36. The van der Waals surface area contributed by atoms with E-state index in [0.29, 0.717) is 50.8 Å². The average molecular weight is 438 g/mol. The molecule has 2 aliphatic heterocycles. The molecule has 2 atom stereocenters. The lowest BCUT2D eigenvalue weighted by molar-refractivity contribution is -0.144. The Morgan fingerprint density at radius 2 is 1.56 bits per heavy atom. The molecule has 2 aromatic rings. The molecule has 0 N–H and O–H groups in total. The van der Waals surface area contributed by atoms with Crippen LogP contribution in [0.15, 0.2) is 54.6 Å². The maximum absolute atomic E-state index is 13.4. The Morgan fingerprint density at radius 3 is 2.22 bits per heavy atom. The van der Waals surface area contributed by atoms with Crippen molar-refractivity contribution in [3.8, 4) is 11.5 Å². The van der Waals surface area contributed by atoms with Crippen LogP contribution in [0, 0.1) is 0 Å². The van der Waals surface area contributed by atoms with Gasteiger partial charge in [-0.2, -0.15) is 0 Å². The number of fused-ring (bicyclic) bond motifs is 1. The highest BCUT2D eigenvalue weighted by Crippen LogP contribution is 2.31. The van der Waals surface area contributed by atoms with Crippen LogP contribution in [0.1, 0.15) is 25.5 Å². The van der Waals surface area contributed by atoms with Crippen molar-refractivity contribution >= 4 is 11.8 Å². The predicted octanol–water partition coefficient (Wildman–Crippen LogP) is 2.58. The van der Waals surface area contributed by atoms with Crippen LogP contribution in [0.5, 0.6) is 11.5 Å². The van der Waals surface area contributed by atoms with Gasteiger partial charge in [-0.3, -0.25) is 14.5 Å². The lowest BCUT2D eigenvalue weighted by Gasteiger charge is -2.41. The average Bonchev–Trinajstić information content (AvgIpc) is 2.85. The van der Waals surface area contributed by atoms with Gasteiger partial charge in [0.05, 0.1) is 0 Å². The van der Waals surface area contributed by atoms with E-state index in [4.69, 9.17) is 9.47 Å². The van der Waals surface area contributed by atoms with Gasteiger partial charge in [0, 0.05) is 39.3 Å². The zero-order valence-corrected chi connectivity index (χ0v) is 18.8. The van der Waals surface area contributed by atoms with Crippen molar-refractivity contribution in [1.29, 1.82) is 0 Å². The van der Waals surface area contributed by atoms with E-state index >= 15 is 0 Å². The molecule has 7 heteroatoms. The van der Waals surface area contributed by atoms with Crippen LogP contribution in [-0.2, 0) is 9.59 Å². The van der Waals surface area contributed by atoms with Gasteiger partial charge in [-0.25, -0.2) is 0 Å². The zero-order valence-electron chi connectivity index (χ0n) is 18.8. The molecule has 4 rings (SSSR count). The summed E-state index contributed by atoms with van der Waals surface area (Å²) in [6, 6.07) is 17.0. The summed E-state index contributed by atoms with van der Waals surface area (Å²) in [6.45, 7) is 7.93. The van der Waals surface area contributed by atoms with Crippen molar-refractivity contribution < 1.29 is 19.1 Å². The van der Waals surface area contributed by atoms with Gasteiger partial charge in [-0.1, -0.05) is 42.5 Å². The summed E-state index contributed by atoms with van der Waals surface area (Å²) < 4.78 is 11.6. The Morgan fingerprint density at radius 1 is 0.938 bits per heavy atom. The van der Waals surface area contributed by atoms with Crippen molar-refractivity contribution in [3.05, 3.63) is 60.2 Å². The first-order valence-electron chi connectivity index (χ1n) is 11.4. The van der Waals surface area contributed by atoms with E-state index in [9.17, 15) is 9.59 Å². The largest absolute Gasteiger partial charge is 0.485 e. The van der Waals surface area contributed by atoms with E-state index in [1.165, 1.54) is 0 Å². The first-order chi connectivity index (χ1) is 15.6. The number of carbonyl (C=O) groups excluding carboxylic acids is 2. The van der Waals surface area contributed by atoms with E-state index < -0.39 is 6.10 Å². The van der Waals surface area contributed by atoms with Crippen LogP contribution in [0.2, 0.25) is 0 Å². The van der Waals surface area contributed by atoms with Crippen LogP contribution in [0.3, 0.4) is 0 Å². The number of carbonyl (C=O) groups is 2. The number of nitrogens with zero attached hydrogens (tertiary/aromatic N) is 3. The third-order valence-corrected chi connectivity index (χ3v) is 6.20. The zero-order chi connectivity index (χ0) is 22.5. The number of amides is 2. The van der Waals surface area contributed by atoms with Gasteiger partial charge in [0.2, 0.25) is 12.0 Å². The van der Waals surface area contributed by atoms with Gasteiger partial charge in [0.15, 0.2) is 11.5 Å². The smallest absolute Gasteiger partial charge is 0.267 e. The molecular formula is C25H31N3O4. The molecule has 0 radical (unpaired) electrons. The normalized spacial score (nSPS) is 19.3. The Kier molecular flexibility index (Phi) is 6.95. The molecule has 2 heterocycles. The second-order valence-electron chi connectivity index (χ2n) is 8.05. The second kappa shape index (κ2) is 10.0. The Balaban J connectivity index is 1.43. The molecule has 0 bridgehead atoms. The van der Waals surface area contributed by atoms with Crippen LogP contribution < -0.4 is 9.47 Å². The summed E-state index contributed by atoms with van der Waals surface area (Å²) >= 11 is 0. The molecule has 32 heavy (non-hydrogen) atoms. The third-order valence-electron chi connectivity index (χ3n) is 6.20. The van der Waals surface area contributed by atoms with E-state index in [-0.39, 0.29) is 24.5 Å². The topological polar surface area (TPSA) is 62.3 Å². The van der Waals surface area contributed by atoms with E-state index in [2.05, 4.69) is 4.90 Å².